The van der Waals surface area contributed by atoms with Crippen molar-refractivity contribution in [1.29, 1.82) is 0 Å². The zero-order valence-corrected chi connectivity index (χ0v) is 19.1. The molecule has 0 saturated carbocycles. The van der Waals surface area contributed by atoms with Crippen LogP contribution in [0.25, 0.3) is 0 Å². The summed E-state index contributed by atoms with van der Waals surface area (Å²) in [5, 5.41) is 46.8. The summed E-state index contributed by atoms with van der Waals surface area (Å²) in [5.41, 5.74) is 5.54. The predicted octanol–water partition coefficient (Wildman–Crippen LogP) is -5.31. The maximum atomic E-state index is 12.9. The van der Waals surface area contributed by atoms with E-state index in [0.29, 0.717) is 5.69 Å². The summed E-state index contributed by atoms with van der Waals surface area (Å²) in [5.74, 6) is -5.28. The fraction of sp³-hybridized carbons (Fsp3) is 0.579. The molecule has 0 aliphatic rings. The number of aromatic nitrogens is 2. The van der Waals surface area contributed by atoms with E-state index in [0.717, 1.165) is 6.92 Å². The van der Waals surface area contributed by atoms with Gasteiger partial charge in [0.2, 0.25) is 23.6 Å². The van der Waals surface area contributed by atoms with Crippen molar-refractivity contribution < 1.29 is 44.4 Å². The molecule has 6 atom stereocenters. The molecule has 0 bridgehead atoms. The van der Waals surface area contributed by atoms with Crippen LogP contribution >= 0.6 is 0 Å². The molecule has 0 aromatic carbocycles. The van der Waals surface area contributed by atoms with Gasteiger partial charge < -0.3 is 52.4 Å². The number of H-pyrrole nitrogens is 1. The van der Waals surface area contributed by atoms with E-state index >= 15 is 0 Å². The molecule has 0 fully saturated rings. The second kappa shape index (κ2) is 14.0. The van der Waals surface area contributed by atoms with Gasteiger partial charge in [-0.05, 0) is 13.8 Å². The molecule has 0 radical (unpaired) electrons. The zero-order chi connectivity index (χ0) is 26.7. The molecule has 1 rings (SSSR count). The maximum absolute atomic E-state index is 12.9. The van der Waals surface area contributed by atoms with Gasteiger partial charge in [-0.2, -0.15) is 0 Å². The Morgan fingerprint density at radius 2 is 1.51 bits per heavy atom. The monoisotopic (exact) mass is 501 g/mol. The topological polar surface area (TPSA) is 269 Å². The van der Waals surface area contributed by atoms with Gasteiger partial charge in [0.25, 0.3) is 0 Å². The molecule has 0 spiro atoms. The van der Waals surface area contributed by atoms with Crippen LogP contribution in [0.1, 0.15) is 19.5 Å². The summed E-state index contributed by atoms with van der Waals surface area (Å²) in [7, 11) is 0. The Morgan fingerprint density at radius 1 is 0.943 bits per heavy atom. The second-order valence-corrected chi connectivity index (χ2v) is 7.62. The number of hydrogen-bond acceptors (Lipinski definition) is 10. The highest BCUT2D eigenvalue weighted by Gasteiger charge is 2.33. The summed E-state index contributed by atoms with van der Waals surface area (Å²) in [4.78, 5) is 67.4. The second-order valence-electron chi connectivity index (χ2n) is 7.62. The van der Waals surface area contributed by atoms with Crippen molar-refractivity contribution in [2.75, 3.05) is 13.2 Å². The molecule has 1 aromatic heterocycles. The molecule has 16 nitrogen and oxygen atoms in total. The number of nitrogens with two attached hydrogens (primary N) is 1. The highest BCUT2D eigenvalue weighted by atomic mass is 16.4. The average Bonchev–Trinajstić information content (AvgIpc) is 3.30. The van der Waals surface area contributed by atoms with Gasteiger partial charge in [0.1, 0.15) is 18.1 Å². The minimum absolute atomic E-state index is 0.191. The van der Waals surface area contributed by atoms with Crippen molar-refractivity contribution in [2.24, 2.45) is 5.73 Å². The van der Waals surface area contributed by atoms with Crippen LogP contribution in [0, 0.1) is 0 Å². The van der Waals surface area contributed by atoms with Crippen LogP contribution in [0.15, 0.2) is 12.5 Å². The summed E-state index contributed by atoms with van der Waals surface area (Å²) >= 11 is 0. The van der Waals surface area contributed by atoms with E-state index in [1.807, 2.05) is 5.32 Å². The number of carboxylic acid groups (broad SMARTS) is 1. The first-order chi connectivity index (χ1) is 16.4. The molecule has 1 aromatic rings. The van der Waals surface area contributed by atoms with Gasteiger partial charge in [0, 0.05) is 12.6 Å². The van der Waals surface area contributed by atoms with E-state index in [9.17, 15) is 39.3 Å². The fourth-order valence-electron chi connectivity index (χ4n) is 2.83. The van der Waals surface area contributed by atoms with Crippen molar-refractivity contribution in [2.45, 2.75) is 56.6 Å². The minimum atomic E-state index is -1.70. The third kappa shape index (κ3) is 9.28. The fourth-order valence-corrected chi connectivity index (χ4v) is 2.83. The lowest BCUT2D eigenvalue weighted by atomic mass is 10.1. The van der Waals surface area contributed by atoms with Crippen LogP contribution in [0.5, 0.6) is 0 Å². The molecule has 0 saturated heterocycles. The van der Waals surface area contributed by atoms with Gasteiger partial charge >= 0.3 is 5.97 Å². The first-order valence-corrected chi connectivity index (χ1v) is 10.5. The number of carboxylic acids is 1. The molecule has 11 N–H and O–H groups in total. The molecule has 1 heterocycles. The third-order valence-electron chi connectivity index (χ3n) is 4.73. The Morgan fingerprint density at radius 3 is 1.97 bits per heavy atom. The smallest absolute Gasteiger partial charge is 0.328 e. The molecular weight excluding hydrogens is 470 g/mol. The van der Waals surface area contributed by atoms with Crippen LogP contribution in [0.3, 0.4) is 0 Å². The van der Waals surface area contributed by atoms with Crippen LogP contribution < -0.4 is 27.0 Å². The molecular formula is C19H31N7O9. The molecule has 0 aliphatic carbocycles. The van der Waals surface area contributed by atoms with E-state index in [4.69, 9.17) is 10.8 Å². The average molecular weight is 501 g/mol. The first kappa shape index (κ1) is 29.4. The number of carbonyl (C=O) groups is 5. The lowest BCUT2D eigenvalue weighted by molar-refractivity contribution is -0.145. The van der Waals surface area contributed by atoms with Crippen LogP contribution in [0.2, 0.25) is 0 Å². The molecule has 35 heavy (non-hydrogen) atoms. The Labute approximate surface area is 199 Å². The SMILES string of the molecule is C[C@@H](O)[C@H](NC(=O)[C@H](CO)NC(=O)[C@H](Cc1c[nH]cn1)NC(=O)[C@@H](NC(=O)CN)[C@@H](C)O)C(=O)O. The highest BCUT2D eigenvalue weighted by molar-refractivity contribution is 5.95. The standard InChI is InChI=1S/C19H31N7O9/c1-8(28)14(25-13(30)4-20)18(33)23-11(3-10-5-21-7-22-10)16(31)24-12(6-27)17(32)26-15(9(2)29)19(34)35/h5,7-9,11-12,14-15,27-29H,3-4,6,20H2,1-2H3,(H,21,22)(H,23,33)(H,24,31)(H,25,30)(H,26,32)(H,34,35)/t8-,9-,11+,12+,14+,15+/m1/s1. The van der Waals surface area contributed by atoms with Crippen molar-refractivity contribution in [3.05, 3.63) is 18.2 Å². The number of hydrogen-bond donors (Lipinski definition) is 10. The number of aromatic amines is 1. The molecule has 16 heteroatoms. The molecule has 0 aliphatic heterocycles. The number of nitrogens with zero attached hydrogens (tertiary/aromatic N) is 1. The maximum Gasteiger partial charge on any atom is 0.328 e. The van der Waals surface area contributed by atoms with Crippen molar-refractivity contribution in [1.82, 2.24) is 31.2 Å². The van der Waals surface area contributed by atoms with Crippen molar-refractivity contribution in [3.63, 3.8) is 0 Å². The normalized spacial score (nSPS) is 16.1. The first-order valence-electron chi connectivity index (χ1n) is 10.5. The molecule has 4 amide bonds. The highest BCUT2D eigenvalue weighted by Crippen LogP contribution is 2.03. The zero-order valence-electron chi connectivity index (χ0n) is 19.1. The van der Waals surface area contributed by atoms with Crippen LogP contribution in [-0.4, -0.2) is 110 Å². The number of imidazole rings is 1. The van der Waals surface area contributed by atoms with E-state index in [1.54, 1.807) is 0 Å². The third-order valence-corrected chi connectivity index (χ3v) is 4.73. The Kier molecular flexibility index (Phi) is 11.7. The number of carbonyl (C=O) groups excluding carboxylic acids is 4. The Balaban J connectivity index is 3.05. The number of aliphatic carboxylic acids is 1. The lowest BCUT2D eigenvalue weighted by Gasteiger charge is -2.26. The minimum Gasteiger partial charge on any atom is -0.480 e. The number of rotatable bonds is 14. The van der Waals surface area contributed by atoms with Gasteiger partial charge in [-0.3, -0.25) is 19.2 Å². The summed E-state index contributed by atoms with van der Waals surface area (Å²) in [6.07, 6.45) is -0.268. The van der Waals surface area contributed by atoms with E-state index in [2.05, 4.69) is 25.9 Å². The quantitative estimate of drug-likeness (QED) is 0.115. The Bertz CT molecular complexity index is 876. The van der Waals surface area contributed by atoms with E-state index in [-0.39, 0.29) is 6.42 Å². The van der Waals surface area contributed by atoms with Gasteiger partial charge in [-0.15, -0.1) is 0 Å². The van der Waals surface area contributed by atoms with Gasteiger partial charge in [-0.1, -0.05) is 0 Å². The predicted molar refractivity (Wildman–Crippen MR) is 117 cm³/mol. The van der Waals surface area contributed by atoms with Gasteiger partial charge in [0.15, 0.2) is 6.04 Å². The summed E-state index contributed by atoms with van der Waals surface area (Å²) < 4.78 is 0. The molecule has 196 valence electrons. The van der Waals surface area contributed by atoms with Crippen molar-refractivity contribution >= 4 is 29.6 Å². The van der Waals surface area contributed by atoms with Crippen LogP contribution in [0.4, 0.5) is 0 Å². The van der Waals surface area contributed by atoms with E-state index in [1.165, 1.54) is 19.4 Å². The number of nitrogens with one attached hydrogen (secondary N) is 5. The summed E-state index contributed by atoms with van der Waals surface area (Å²) in [6.45, 7) is 0.973. The Hall–Kier alpha value is -3.60. The van der Waals surface area contributed by atoms with E-state index < -0.39 is 79.1 Å². The van der Waals surface area contributed by atoms with Gasteiger partial charge in [0.05, 0.1) is 37.4 Å². The summed E-state index contributed by atoms with van der Waals surface area (Å²) in [6, 6.07) is -6.19. The number of amides is 4. The van der Waals surface area contributed by atoms with Crippen molar-refractivity contribution in [3.8, 4) is 0 Å². The largest absolute Gasteiger partial charge is 0.480 e. The number of aliphatic hydroxyl groups is 3. The lowest BCUT2D eigenvalue weighted by Crippen LogP contribution is -2.61. The number of aliphatic hydroxyl groups excluding tert-OH is 3. The molecule has 0 unspecified atom stereocenters. The van der Waals surface area contributed by atoms with Crippen LogP contribution in [-0.2, 0) is 30.4 Å². The van der Waals surface area contributed by atoms with Gasteiger partial charge in [-0.25, -0.2) is 9.78 Å².